The molecule has 1 aromatic carbocycles. The Bertz CT molecular complexity index is 979. The van der Waals surface area contributed by atoms with Crippen molar-refractivity contribution < 1.29 is 9.84 Å². The molecule has 1 aliphatic heterocycles. The Morgan fingerprint density at radius 2 is 2.12 bits per heavy atom. The number of hydrogen-bond acceptors (Lipinski definition) is 6. The van der Waals surface area contributed by atoms with Crippen LogP contribution in [0.3, 0.4) is 0 Å². The SMILES string of the molecule is NCc1ccc(-n2cc3cc(C4C[C@@H](N)[C@@H](CO)O4)[nH]c3nc2=O)cc1. The maximum Gasteiger partial charge on any atom is 0.354 e. The first-order chi connectivity index (χ1) is 12.6. The lowest BCUT2D eigenvalue weighted by atomic mass is 10.1. The van der Waals surface area contributed by atoms with E-state index in [1.54, 1.807) is 6.20 Å². The van der Waals surface area contributed by atoms with Crippen LogP contribution in [0.1, 0.15) is 23.8 Å². The first-order valence-corrected chi connectivity index (χ1v) is 8.52. The number of benzene rings is 1. The van der Waals surface area contributed by atoms with Crippen molar-refractivity contribution in [3.05, 3.63) is 58.3 Å². The van der Waals surface area contributed by atoms with Gasteiger partial charge >= 0.3 is 5.69 Å². The molecule has 1 unspecified atom stereocenters. The maximum absolute atomic E-state index is 12.4. The summed E-state index contributed by atoms with van der Waals surface area (Å²) in [6.45, 7) is 0.339. The van der Waals surface area contributed by atoms with E-state index in [1.165, 1.54) is 4.57 Å². The maximum atomic E-state index is 12.4. The van der Waals surface area contributed by atoms with Gasteiger partial charge in [0, 0.05) is 29.9 Å². The third-order valence-electron chi connectivity index (χ3n) is 4.81. The van der Waals surface area contributed by atoms with Gasteiger partial charge in [0.25, 0.3) is 0 Å². The number of H-pyrrole nitrogens is 1. The number of aromatic amines is 1. The van der Waals surface area contributed by atoms with Gasteiger partial charge in [0.15, 0.2) is 0 Å². The van der Waals surface area contributed by atoms with Gasteiger partial charge in [-0.2, -0.15) is 4.98 Å². The first-order valence-electron chi connectivity index (χ1n) is 8.52. The predicted molar refractivity (Wildman–Crippen MR) is 96.9 cm³/mol. The van der Waals surface area contributed by atoms with E-state index < -0.39 is 0 Å². The minimum atomic E-state index is -0.375. The van der Waals surface area contributed by atoms with Gasteiger partial charge in [-0.25, -0.2) is 4.79 Å². The summed E-state index contributed by atoms with van der Waals surface area (Å²) in [4.78, 5) is 19.7. The van der Waals surface area contributed by atoms with E-state index in [0.717, 1.165) is 22.3 Å². The Morgan fingerprint density at radius 1 is 1.35 bits per heavy atom. The van der Waals surface area contributed by atoms with Crippen LogP contribution in [0, 0.1) is 0 Å². The molecule has 136 valence electrons. The standard InChI is InChI=1S/C18H21N5O3/c19-7-10-1-3-12(4-2-10)23-8-11-5-14(21-17(11)22-18(23)25)15-6-13(20)16(9-24)26-15/h1-5,8,13,15-16,24H,6-7,9,19-20H2,(H,21,22,25)/t13-,15?,16-/m1/s1. The van der Waals surface area contributed by atoms with Crippen LogP contribution in [0.5, 0.6) is 0 Å². The van der Waals surface area contributed by atoms with Crippen LogP contribution in [0.25, 0.3) is 16.7 Å². The number of aliphatic hydroxyl groups excluding tert-OH is 1. The second-order valence-corrected chi connectivity index (χ2v) is 6.54. The van der Waals surface area contributed by atoms with Crippen LogP contribution in [-0.4, -0.2) is 38.4 Å². The van der Waals surface area contributed by atoms with Crippen molar-refractivity contribution in [2.75, 3.05) is 6.61 Å². The third kappa shape index (κ3) is 2.93. The molecule has 8 nitrogen and oxygen atoms in total. The van der Waals surface area contributed by atoms with E-state index in [4.69, 9.17) is 16.2 Å². The quantitative estimate of drug-likeness (QED) is 0.533. The number of aromatic nitrogens is 3. The number of nitrogens with one attached hydrogen (secondary N) is 1. The van der Waals surface area contributed by atoms with E-state index in [2.05, 4.69) is 9.97 Å². The van der Waals surface area contributed by atoms with Crippen molar-refractivity contribution >= 4 is 11.0 Å². The van der Waals surface area contributed by atoms with Crippen LogP contribution >= 0.6 is 0 Å². The van der Waals surface area contributed by atoms with Crippen molar-refractivity contribution in [2.45, 2.75) is 31.2 Å². The molecular weight excluding hydrogens is 334 g/mol. The van der Waals surface area contributed by atoms with Crippen LogP contribution in [0.2, 0.25) is 0 Å². The molecule has 3 heterocycles. The summed E-state index contributed by atoms with van der Waals surface area (Å²) in [6, 6.07) is 9.15. The summed E-state index contributed by atoms with van der Waals surface area (Å²) in [5, 5.41) is 10.1. The molecule has 2 aromatic heterocycles. The summed E-state index contributed by atoms with van der Waals surface area (Å²) in [5.74, 6) is 0. The lowest BCUT2D eigenvalue weighted by molar-refractivity contribution is 0.00577. The number of hydrogen-bond donors (Lipinski definition) is 4. The number of nitrogens with zero attached hydrogens (tertiary/aromatic N) is 2. The Kier molecular flexibility index (Phi) is 4.33. The van der Waals surface area contributed by atoms with Gasteiger partial charge in [-0.15, -0.1) is 0 Å². The molecule has 0 saturated carbocycles. The van der Waals surface area contributed by atoms with Gasteiger partial charge in [-0.1, -0.05) is 12.1 Å². The van der Waals surface area contributed by atoms with Crippen molar-refractivity contribution in [2.24, 2.45) is 11.5 Å². The molecule has 3 aromatic rings. The lowest BCUT2D eigenvalue weighted by Crippen LogP contribution is -2.32. The molecule has 1 aliphatic rings. The molecule has 26 heavy (non-hydrogen) atoms. The molecule has 0 radical (unpaired) electrons. The topological polar surface area (TPSA) is 132 Å². The van der Waals surface area contributed by atoms with Crippen LogP contribution in [0.15, 0.2) is 41.3 Å². The number of aliphatic hydroxyl groups is 1. The highest BCUT2D eigenvalue weighted by molar-refractivity contribution is 5.76. The molecule has 1 fully saturated rings. The minimum Gasteiger partial charge on any atom is -0.394 e. The van der Waals surface area contributed by atoms with E-state index in [1.807, 2.05) is 30.3 Å². The van der Waals surface area contributed by atoms with Crippen molar-refractivity contribution in [1.82, 2.24) is 14.5 Å². The fourth-order valence-corrected chi connectivity index (χ4v) is 3.31. The normalized spacial score (nSPS) is 23.0. The highest BCUT2D eigenvalue weighted by Crippen LogP contribution is 2.32. The van der Waals surface area contributed by atoms with Crippen molar-refractivity contribution in [3.63, 3.8) is 0 Å². The van der Waals surface area contributed by atoms with Gasteiger partial charge < -0.3 is 26.3 Å². The number of nitrogens with two attached hydrogens (primary N) is 2. The Labute approximate surface area is 149 Å². The van der Waals surface area contributed by atoms with Crippen LogP contribution < -0.4 is 17.2 Å². The average Bonchev–Trinajstić information content (AvgIpc) is 3.23. The van der Waals surface area contributed by atoms with E-state index >= 15 is 0 Å². The Balaban J connectivity index is 1.70. The third-order valence-corrected chi connectivity index (χ3v) is 4.81. The molecule has 8 heteroatoms. The van der Waals surface area contributed by atoms with Crippen molar-refractivity contribution in [3.8, 4) is 5.69 Å². The summed E-state index contributed by atoms with van der Waals surface area (Å²) in [7, 11) is 0. The summed E-state index contributed by atoms with van der Waals surface area (Å²) in [5.41, 5.74) is 14.2. The molecule has 0 spiro atoms. The van der Waals surface area contributed by atoms with E-state index in [-0.39, 0.29) is 30.5 Å². The van der Waals surface area contributed by atoms with Crippen LogP contribution in [-0.2, 0) is 11.3 Å². The summed E-state index contributed by atoms with van der Waals surface area (Å²) >= 11 is 0. The van der Waals surface area contributed by atoms with E-state index in [9.17, 15) is 9.90 Å². The molecule has 1 saturated heterocycles. The monoisotopic (exact) mass is 355 g/mol. The van der Waals surface area contributed by atoms with Gasteiger partial charge in [0.2, 0.25) is 0 Å². The molecule has 6 N–H and O–H groups in total. The van der Waals surface area contributed by atoms with Gasteiger partial charge in [-0.05, 0) is 30.2 Å². The highest BCUT2D eigenvalue weighted by atomic mass is 16.5. The fraction of sp³-hybridized carbons (Fsp3) is 0.333. The largest absolute Gasteiger partial charge is 0.394 e. The summed E-state index contributed by atoms with van der Waals surface area (Å²) in [6.07, 6.45) is 1.73. The number of ether oxygens (including phenoxy) is 1. The zero-order valence-electron chi connectivity index (χ0n) is 14.1. The van der Waals surface area contributed by atoms with Gasteiger partial charge in [0.05, 0.1) is 24.5 Å². The molecule has 4 rings (SSSR count). The molecular formula is C18H21N5O3. The zero-order chi connectivity index (χ0) is 18.3. The lowest BCUT2D eigenvalue weighted by Gasteiger charge is -2.11. The second kappa shape index (κ2) is 6.65. The predicted octanol–water partition coefficient (Wildman–Crippen LogP) is 0.322. The minimum absolute atomic E-state index is 0.111. The molecule has 0 bridgehead atoms. The number of fused-ring (bicyclic) bond motifs is 1. The highest BCUT2D eigenvalue weighted by Gasteiger charge is 2.34. The zero-order valence-corrected chi connectivity index (χ0v) is 14.1. The molecule has 3 atom stereocenters. The summed E-state index contributed by atoms with van der Waals surface area (Å²) < 4.78 is 7.28. The Hall–Kier alpha value is -2.52. The van der Waals surface area contributed by atoms with Crippen LogP contribution in [0.4, 0.5) is 0 Å². The first kappa shape index (κ1) is 16.9. The average molecular weight is 355 g/mol. The number of rotatable bonds is 4. The van der Waals surface area contributed by atoms with Gasteiger partial charge in [-0.3, -0.25) is 4.57 Å². The molecule has 0 aliphatic carbocycles. The van der Waals surface area contributed by atoms with E-state index in [0.29, 0.717) is 18.6 Å². The smallest absolute Gasteiger partial charge is 0.354 e. The fourth-order valence-electron chi connectivity index (χ4n) is 3.31. The van der Waals surface area contributed by atoms with Gasteiger partial charge in [0.1, 0.15) is 5.65 Å². The Morgan fingerprint density at radius 3 is 2.77 bits per heavy atom. The van der Waals surface area contributed by atoms with Crippen molar-refractivity contribution in [1.29, 1.82) is 0 Å². The second-order valence-electron chi connectivity index (χ2n) is 6.54. The molecule has 0 amide bonds.